The molecular weight excluding hydrogens is 262 g/mol. The Morgan fingerprint density at radius 3 is 2.47 bits per heavy atom. The molecule has 1 N–H and O–H groups in total. The number of aromatic nitrogens is 2. The van der Waals surface area contributed by atoms with Gasteiger partial charge in [-0.15, -0.1) is 11.3 Å². The predicted molar refractivity (Wildman–Crippen MR) is 74.7 cm³/mol. The van der Waals surface area contributed by atoms with Crippen molar-refractivity contribution in [1.82, 2.24) is 15.3 Å². The summed E-state index contributed by atoms with van der Waals surface area (Å²) in [4.78, 5) is 9.48. The topological polar surface area (TPSA) is 56.3 Å². The number of nitrogens with one attached hydrogen (secondary N) is 1. The van der Waals surface area contributed by atoms with Gasteiger partial charge in [-0.2, -0.15) is 0 Å². The molecule has 0 unspecified atom stereocenters. The van der Waals surface area contributed by atoms with E-state index in [1.54, 1.807) is 25.6 Å². The fourth-order valence-corrected chi connectivity index (χ4v) is 2.54. The summed E-state index contributed by atoms with van der Waals surface area (Å²) in [5, 5.41) is 5.49. The van der Waals surface area contributed by atoms with E-state index in [0.717, 1.165) is 5.56 Å². The first-order chi connectivity index (χ1) is 9.26. The second-order valence-electron chi connectivity index (χ2n) is 3.99. The van der Waals surface area contributed by atoms with Gasteiger partial charge in [0.2, 0.25) is 11.8 Å². The Bertz CT molecular complexity index is 494. The Morgan fingerprint density at radius 2 is 1.95 bits per heavy atom. The molecule has 0 amide bonds. The molecule has 19 heavy (non-hydrogen) atoms. The molecule has 2 aromatic heterocycles. The molecule has 0 aliphatic heterocycles. The minimum Gasteiger partial charge on any atom is -0.481 e. The van der Waals surface area contributed by atoms with E-state index in [9.17, 15) is 0 Å². The van der Waals surface area contributed by atoms with Crippen LogP contribution in [0.5, 0.6) is 11.8 Å². The van der Waals surface area contributed by atoms with Crippen molar-refractivity contribution in [2.75, 3.05) is 14.2 Å². The molecule has 2 aromatic rings. The van der Waals surface area contributed by atoms with Crippen molar-refractivity contribution in [3.8, 4) is 11.8 Å². The highest BCUT2D eigenvalue weighted by Gasteiger charge is 2.14. The molecule has 0 saturated carbocycles. The number of methoxy groups -OCH3 is 2. The normalized spacial score (nSPS) is 12.2. The smallest absolute Gasteiger partial charge is 0.224 e. The van der Waals surface area contributed by atoms with Crippen molar-refractivity contribution in [2.45, 2.75) is 19.5 Å². The summed E-state index contributed by atoms with van der Waals surface area (Å²) in [6.07, 6.45) is 1.43. The number of nitrogens with zero attached hydrogens (tertiary/aromatic N) is 2. The van der Waals surface area contributed by atoms with Crippen LogP contribution in [0.4, 0.5) is 0 Å². The van der Waals surface area contributed by atoms with Gasteiger partial charge in [0.15, 0.2) is 0 Å². The Labute approximate surface area is 116 Å². The monoisotopic (exact) mass is 279 g/mol. The van der Waals surface area contributed by atoms with Crippen LogP contribution in [0.15, 0.2) is 23.8 Å². The van der Waals surface area contributed by atoms with Crippen LogP contribution in [0.2, 0.25) is 0 Å². The van der Waals surface area contributed by atoms with Gasteiger partial charge in [-0.3, -0.25) is 0 Å². The summed E-state index contributed by atoms with van der Waals surface area (Å²) in [6, 6.07) is 4.41. The molecule has 0 fully saturated rings. The fraction of sp³-hybridized carbons (Fsp3) is 0.385. The van der Waals surface area contributed by atoms with Crippen LogP contribution in [-0.4, -0.2) is 24.2 Å². The highest BCUT2D eigenvalue weighted by molar-refractivity contribution is 7.10. The third-order valence-electron chi connectivity index (χ3n) is 2.81. The van der Waals surface area contributed by atoms with Crippen molar-refractivity contribution >= 4 is 11.3 Å². The van der Waals surface area contributed by atoms with Crippen LogP contribution in [0, 0.1) is 0 Å². The number of rotatable bonds is 6. The van der Waals surface area contributed by atoms with E-state index >= 15 is 0 Å². The van der Waals surface area contributed by atoms with Crippen LogP contribution in [0.3, 0.4) is 0 Å². The maximum atomic E-state index is 5.24. The minimum absolute atomic E-state index is 0.259. The van der Waals surface area contributed by atoms with Gasteiger partial charge in [0.25, 0.3) is 0 Å². The summed E-state index contributed by atoms with van der Waals surface area (Å²) >= 11 is 1.73. The van der Waals surface area contributed by atoms with Crippen molar-refractivity contribution in [3.63, 3.8) is 0 Å². The van der Waals surface area contributed by atoms with Crippen LogP contribution in [0.1, 0.15) is 23.4 Å². The summed E-state index contributed by atoms with van der Waals surface area (Å²) in [7, 11) is 3.18. The average molecular weight is 279 g/mol. The molecule has 0 radical (unpaired) electrons. The molecule has 0 spiro atoms. The molecule has 6 heteroatoms. The van der Waals surface area contributed by atoms with Crippen molar-refractivity contribution in [2.24, 2.45) is 0 Å². The third kappa shape index (κ3) is 3.21. The van der Waals surface area contributed by atoms with Crippen molar-refractivity contribution in [3.05, 3.63) is 34.3 Å². The first kappa shape index (κ1) is 13.8. The molecule has 0 bridgehead atoms. The maximum Gasteiger partial charge on any atom is 0.224 e. The van der Waals surface area contributed by atoms with E-state index in [0.29, 0.717) is 18.3 Å². The van der Waals surface area contributed by atoms with E-state index in [1.165, 1.54) is 11.2 Å². The molecule has 0 saturated heterocycles. The molecule has 0 aliphatic rings. The largest absolute Gasteiger partial charge is 0.481 e. The van der Waals surface area contributed by atoms with Crippen LogP contribution < -0.4 is 14.8 Å². The number of ether oxygens (including phenoxy) is 2. The Balaban J connectivity index is 2.10. The standard InChI is InChI=1S/C13H17N3O2S/c1-9(11-5-4-6-19-11)14-7-10-12(17-2)15-8-16-13(10)18-3/h4-6,8-9,14H,7H2,1-3H3/t9-/m1/s1. The lowest BCUT2D eigenvalue weighted by atomic mass is 10.2. The first-order valence-corrected chi connectivity index (χ1v) is 6.82. The van der Waals surface area contributed by atoms with Crippen LogP contribution in [0.25, 0.3) is 0 Å². The third-order valence-corrected chi connectivity index (χ3v) is 3.86. The molecule has 2 heterocycles. The van der Waals surface area contributed by atoms with Gasteiger partial charge < -0.3 is 14.8 Å². The van der Waals surface area contributed by atoms with E-state index in [1.807, 2.05) is 6.07 Å². The quantitative estimate of drug-likeness (QED) is 0.880. The molecular formula is C13H17N3O2S. The summed E-state index contributed by atoms with van der Waals surface area (Å²) in [6.45, 7) is 2.71. The van der Waals surface area contributed by atoms with Crippen molar-refractivity contribution < 1.29 is 9.47 Å². The highest BCUT2D eigenvalue weighted by atomic mass is 32.1. The average Bonchev–Trinajstić information content (AvgIpc) is 2.98. The lowest BCUT2D eigenvalue weighted by molar-refractivity contribution is 0.357. The first-order valence-electron chi connectivity index (χ1n) is 5.95. The van der Waals surface area contributed by atoms with Gasteiger partial charge in [0, 0.05) is 17.5 Å². The molecule has 5 nitrogen and oxygen atoms in total. The fourth-order valence-electron chi connectivity index (χ4n) is 1.78. The van der Waals surface area contributed by atoms with E-state index in [-0.39, 0.29) is 6.04 Å². The van der Waals surface area contributed by atoms with Gasteiger partial charge >= 0.3 is 0 Å². The molecule has 1 atom stereocenters. The Morgan fingerprint density at radius 1 is 1.26 bits per heavy atom. The zero-order chi connectivity index (χ0) is 13.7. The predicted octanol–water partition coefficient (Wildman–Crippen LogP) is 2.41. The van der Waals surface area contributed by atoms with Crippen LogP contribution >= 0.6 is 11.3 Å². The SMILES string of the molecule is COc1ncnc(OC)c1CN[C@H](C)c1cccs1. The summed E-state index contributed by atoms with van der Waals surface area (Å²) < 4.78 is 10.5. The second-order valence-corrected chi connectivity index (χ2v) is 4.97. The summed E-state index contributed by atoms with van der Waals surface area (Å²) in [5.41, 5.74) is 0.830. The Kier molecular flexibility index (Phi) is 4.70. The van der Waals surface area contributed by atoms with Crippen LogP contribution in [-0.2, 0) is 6.54 Å². The van der Waals surface area contributed by atoms with E-state index in [4.69, 9.17) is 9.47 Å². The zero-order valence-electron chi connectivity index (χ0n) is 11.2. The van der Waals surface area contributed by atoms with Crippen molar-refractivity contribution in [1.29, 1.82) is 0 Å². The molecule has 0 aliphatic carbocycles. The van der Waals surface area contributed by atoms with E-state index in [2.05, 4.69) is 33.7 Å². The molecule has 2 rings (SSSR count). The Hall–Kier alpha value is -1.66. The lowest BCUT2D eigenvalue weighted by Crippen LogP contribution is -2.18. The van der Waals surface area contributed by atoms with Gasteiger partial charge in [-0.25, -0.2) is 9.97 Å². The number of hydrogen-bond donors (Lipinski definition) is 1. The zero-order valence-corrected chi connectivity index (χ0v) is 12.0. The van der Waals surface area contributed by atoms with E-state index < -0.39 is 0 Å². The molecule has 0 aromatic carbocycles. The highest BCUT2D eigenvalue weighted by Crippen LogP contribution is 2.25. The van der Waals surface area contributed by atoms with Gasteiger partial charge in [-0.05, 0) is 18.4 Å². The molecule has 102 valence electrons. The van der Waals surface area contributed by atoms with Gasteiger partial charge in [0.05, 0.1) is 19.8 Å². The lowest BCUT2D eigenvalue weighted by Gasteiger charge is -2.15. The number of thiophene rings is 1. The number of hydrogen-bond acceptors (Lipinski definition) is 6. The van der Waals surface area contributed by atoms with Gasteiger partial charge in [0.1, 0.15) is 6.33 Å². The maximum absolute atomic E-state index is 5.24. The van der Waals surface area contributed by atoms with Gasteiger partial charge in [-0.1, -0.05) is 6.07 Å². The second kappa shape index (κ2) is 6.49. The summed E-state index contributed by atoms with van der Waals surface area (Å²) in [5.74, 6) is 1.08. The minimum atomic E-state index is 0.259.